The molecule has 0 aliphatic heterocycles. The molecule has 5 nitrogen and oxygen atoms in total. The summed E-state index contributed by atoms with van der Waals surface area (Å²) in [5, 5.41) is 8.09. The van der Waals surface area contributed by atoms with Gasteiger partial charge in [-0.25, -0.2) is 0 Å². The molecular weight excluding hydrogens is 242 g/mol. The van der Waals surface area contributed by atoms with Crippen molar-refractivity contribution in [3.8, 4) is 0 Å². The van der Waals surface area contributed by atoms with Crippen molar-refractivity contribution < 1.29 is 9.59 Å². The molecule has 0 radical (unpaired) electrons. The Kier molecular flexibility index (Phi) is 6.60. The molecule has 0 unspecified atom stereocenters. The number of nitrogens with one attached hydrogen (secondary N) is 3. The number of hydrogen-bond acceptors (Lipinski definition) is 3. The lowest BCUT2D eigenvalue weighted by Gasteiger charge is -2.13. The Balaban J connectivity index is 2.21. The van der Waals surface area contributed by atoms with E-state index in [1.165, 1.54) is 5.56 Å². The Labute approximate surface area is 113 Å². The van der Waals surface area contributed by atoms with E-state index in [-0.39, 0.29) is 30.8 Å². The minimum atomic E-state index is -0.134. The minimum Gasteiger partial charge on any atom is -0.358 e. The maximum Gasteiger partial charge on any atom is 0.233 e. The van der Waals surface area contributed by atoms with E-state index in [1.807, 2.05) is 30.3 Å². The average Bonchev–Trinajstić information content (AvgIpc) is 2.45. The van der Waals surface area contributed by atoms with Crippen LogP contribution in [0.4, 0.5) is 0 Å². The standard InChI is InChI=1S/C14H21N3O2/c1-11(12-6-4-3-5-7-12)8-17-14(19)10-16-9-13(18)15-2/h3-7,11,16H,8-10H2,1-2H3,(H,15,18)(H,17,19)/t11-/m1/s1. The first-order valence-electron chi connectivity index (χ1n) is 6.36. The monoisotopic (exact) mass is 263 g/mol. The quantitative estimate of drug-likeness (QED) is 0.660. The van der Waals surface area contributed by atoms with E-state index in [1.54, 1.807) is 7.05 Å². The molecule has 0 saturated carbocycles. The van der Waals surface area contributed by atoms with Crippen molar-refractivity contribution in [3.05, 3.63) is 35.9 Å². The van der Waals surface area contributed by atoms with Crippen LogP contribution in [0.3, 0.4) is 0 Å². The fourth-order valence-corrected chi connectivity index (χ4v) is 1.61. The lowest BCUT2D eigenvalue weighted by Crippen LogP contribution is -2.39. The number of hydrogen-bond donors (Lipinski definition) is 3. The highest BCUT2D eigenvalue weighted by atomic mass is 16.2. The van der Waals surface area contributed by atoms with Crippen LogP contribution in [0.25, 0.3) is 0 Å². The molecule has 0 aromatic heterocycles. The number of amides is 2. The van der Waals surface area contributed by atoms with Crippen molar-refractivity contribution in [3.63, 3.8) is 0 Å². The van der Waals surface area contributed by atoms with Crippen LogP contribution >= 0.6 is 0 Å². The van der Waals surface area contributed by atoms with Crippen molar-refractivity contribution in [2.24, 2.45) is 0 Å². The highest BCUT2D eigenvalue weighted by molar-refractivity contribution is 5.80. The summed E-state index contributed by atoms with van der Waals surface area (Å²) in [6, 6.07) is 10.0. The molecule has 0 aliphatic rings. The van der Waals surface area contributed by atoms with Gasteiger partial charge >= 0.3 is 0 Å². The van der Waals surface area contributed by atoms with Gasteiger partial charge < -0.3 is 10.6 Å². The van der Waals surface area contributed by atoms with Gasteiger partial charge in [0, 0.05) is 13.6 Å². The lowest BCUT2D eigenvalue weighted by atomic mass is 10.0. The van der Waals surface area contributed by atoms with E-state index < -0.39 is 0 Å². The largest absolute Gasteiger partial charge is 0.358 e. The molecule has 0 heterocycles. The molecule has 1 aromatic rings. The van der Waals surface area contributed by atoms with Crippen molar-refractivity contribution >= 4 is 11.8 Å². The summed E-state index contributed by atoms with van der Waals surface area (Å²) < 4.78 is 0. The smallest absolute Gasteiger partial charge is 0.233 e. The summed E-state index contributed by atoms with van der Waals surface area (Å²) in [4.78, 5) is 22.5. The number of rotatable bonds is 7. The molecule has 1 atom stereocenters. The highest BCUT2D eigenvalue weighted by Crippen LogP contribution is 2.12. The van der Waals surface area contributed by atoms with Crippen LogP contribution in [-0.2, 0) is 9.59 Å². The Morgan fingerprint density at radius 2 is 1.74 bits per heavy atom. The second-order valence-corrected chi connectivity index (χ2v) is 4.39. The third kappa shape index (κ3) is 6.01. The molecule has 0 fully saturated rings. The molecule has 0 bridgehead atoms. The molecule has 3 N–H and O–H groups in total. The molecule has 1 rings (SSSR count). The molecule has 19 heavy (non-hydrogen) atoms. The topological polar surface area (TPSA) is 70.2 Å². The first-order valence-corrected chi connectivity index (χ1v) is 6.36. The van der Waals surface area contributed by atoms with E-state index in [2.05, 4.69) is 22.9 Å². The predicted octanol–water partition coefficient (Wildman–Crippen LogP) is 0.242. The maximum atomic E-state index is 11.5. The van der Waals surface area contributed by atoms with Gasteiger partial charge in [0.2, 0.25) is 11.8 Å². The minimum absolute atomic E-state index is 0.105. The second kappa shape index (κ2) is 8.26. The predicted molar refractivity (Wildman–Crippen MR) is 74.8 cm³/mol. The first kappa shape index (κ1) is 15.2. The van der Waals surface area contributed by atoms with Gasteiger partial charge in [-0.1, -0.05) is 37.3 Å². The number of carbonyl (C=O) groups excluding carboxylic acids is 2. The summed E-state index contributed by atoms with van der Waals surface area (Å²) in [5.74, 6) is 0.0289. The van der Waals surface area contributed by atoms with Gasteiger partial charge in [0.05, 0.1) is 13.1 Å². The molecular formula is C14H21N3O2. The zero-order chi connectivity index (χ0) is 14.1. The second-order valence-electron chi connectivity index (χ2n) is 4.39. The van der Waals surface area contributed by atoms with Crippen molar-refractivity contribution in [2.75, 3.05) is 26.7 Å². The van der Waals surface area contributed by atoms with Crippen molar-refractivity contribution in [1.82, 2.24) is 16.0 Å². The molecule has 104 valence electrons. The molecule has 0 saturated heterocycles. The van der Waals surface area contributed by atoms with Crippen LogP contribution in [-0.4, -0.2) is 38.5 Å². The third-order valence-electron chi connectivity index (χ3n) is 2.82. The maximum absolute atomic E-state index is 11.5. The molecule has 0 spiro atoms. The molecule has 1 aromatic carbocycles. The van der Waals surface area contributed by atoms with E-state index in [4.69, 9.17) is 0 Å². The molecule has 5 heteroatoms. The normalized spacial score (nSPS) is 11.7. The van der Waals surface area contributed by atoms with Crippen molar-refractivity contribution in [2.45, 2.75) is 12.8 Å². The van der Waals surface area contributed by atoms with E-state index in [0.29, 0.717) is 6.54 Å². The molecule has 2 amide bonds. The van der Waals surface area contributed by atoms with Gasteiger partial charge in [0.1, 0.15) is 0 Å². The average molecular weight is 263 g/mol. The Bertz CT molecular complexity index is 406. The van der Waals surface area contributed by atoms with E-state index in [9.17, 15) is 9.59 Å². The summed E-state index contributed by atoms with van der Waals surface area (Å²) in [6.45, 7) is 2.95. The van der Waals surface area contributed by atoms with E-state index >= 15 is 0 Å². The zero-order valence-corrected chi connectivity index (χ0v) is 11.4. The third-order valence-corrected chi connectivity index (χ3v) is 2.82. The fraction of sp³-hybridized carbons (Fsp3) is 0.429. The van der Waals surface area contributed by atoms with Gasteiger partial charge in [0.25, 0.3) is 0 Å². The van der Waals surface area contributed by atoms with Gasteiger partial charge in [-0.3, -0.25) is 14.9 Å². The summed E-state index contributed by atoms with van der Waals surface area (Å²) >= 11 is 0. The van der Waals surface area contributed by atoms with Gasteiger partial charge in [-0.05, 0) is 11.5 Å². The van der Waals surface area contributed by atoms with Crippen LogP contribution in [0.1, 0.15) is 18.4 Å². The van der Waals surface area contributed by atoms with E-state index in [0.717, 1.165) is 0 Å². The zero-order valence-electron chi connectivity index (χ0n) is 11.4. The SMILES string of the molecule is CNC(=O)CNCC(=O)NC[C@@H](C)c1ccccc1. The van der Waals surface area contributed by atoms with Crippen LogP contribution < -0.4 is 16.0 Å². The number of benzene rings is 1. The van der Waals surface area contributed by atoms with Gasteiger partial charge in [-0.2, -0.15) is 0 Å². The Morgan fingerprint density at radius 1 is 1.11 bits per heavy atom. The van der Waals surface area contributed by atoms with Crippen LogP contribution in [0.15, 0.2) is 30.3 Å². The summed E-state index contributed by atoms with van der Waals surface area (Å²) in [7, 11) is 1.56. The van der Waals surface area contributed by atoms with Crippen LogP contribution in [0.5, 0.6) is 0 Å². The highest BCUT2D eigenvalue weighted by Gasteiger charge is 2.07. The van der Waals surface area contributed by atoms with Gasteiger partial charge in [-0.15, -0.1) is 0 Å². The summed E-state index contributed by atoms with van der Waals surface area (Å²) in [6.07, 6.45) is 0. The summed E-state index contributed by atoms with van der Waals surface area (Å²) in [5.41, 5.74) is 1.20. The Hall–Kier alpha value is -1.88. The van der Waals surface area contributed by atoms with Crippen LogP contribution in [0.2, 0.25) is 0 Å². The molecule has 0 aliphatic carbocycles. The van der Waals surface area contributed by atoms with Crippen LogP contribution in [0, 0.1) is 0 Å². The Morgan fingerprint density at radius 3 is 2.37 bits per heavy atom. The van der Waals surface area contributed by atoms with Crippen molar-refractivity contribution in [1.29, 1.82) is 0 Å². The number of likely N-dealkylation sites (N-methyl/N-ethyl adjacent to an activating group) is 1. The lowest BCUT2D eigenvalue weighted by molar-refractivity contribution is -0.121. The number of carbonyl (C=O) groups is 2. The van der Waals surface area contributed by atoms with Gasteiger partial charge in [0.15, 0.2) is 0 Å². The fourth-order valence-electron chi connectivity index (χ4n) is 1.61. The first-order chi connectivity index (χ1) is 9.13.